The van der Waals surface area contributed by atoms with E-state index < -0.39 is 0 Å². The van der Waals surface area contributed by atoms with Crippen LogP contribution in [0.3, 0.4) is 0 Å². The molecule has 1 rings (SSSR count). The van der Waals surface area contributed by atoms with Gasteiger partial charge in [0.05, 0.1) is 5.92 Å². The van der Waals surface area contributed by atoms with E-state index in [0.717, 1.165) is 26.1 Å². The predicted molar refractivity (Wildman–Crippen MR) is 71.8 cm³/mol. The van der Waals surface area contributed by atoms with Crippen LogP contribution in [0.4, 0.5) is 0 Å². The average Bonchev–Trinajstić information content (AvgIpc) is 2.25. The Bertz CT molecular complexity index is 261. The quantitative estimate of drug-likeness (QED) is 0.789. The highest BCUT2D eigenvalue weighted by Crippen LogP contribution is 2.25. The third kappa shape index (κ3) is 4.30. The number of hydrogen-bond donors (Lipinski definition) is 2. The van der Waals surface area contributed by atoms with Crippen molar-refractivity contribution in [1.82, 2.24) is 10.6 Å². The molecule has 2 unspecified atom stereocenters. The highest BCUT2D eigenvalue weighted by Gasteiger charge is 2.27. The fourth-order valence-corrected chi connectivity index (χ4v) is 2.02. The minimum Gasteiger partial charge on any atom is -0.355 e. The summed E-state index contributed by atoms with van der Waals surface area (Å²) in [7, 11) is 0. The van der Waals surface area contributed by atoms with Gasteiger partial charge in [0.1, 0.15) is 0 Å². The third-order valence-electron chi connectivity index (χ3n) is 4.22. The lowest BCUT2D eigenvalue weighted by molar-refractivity contribution is -0.126. The van der Waals surface area contributed by atoms with Gasteiger partial charge in [0.25, 0.3) is 0 Å². The van der Waals surface area contributed by atoms with Gasteiger partial charge >= 0.3 is 0 Å². The van der Waals surface area contributed by atoms with Crippen molar-refractivity contribution >= 4 is 5.91 Å². The Hall–Kier alpha value is -0.570. The Morgan fingerprint density at radius 1 is 1.41 bits per heavy atom. The fraction of sp³-hybridized carbons (Fsp3) is 0.929. The van der Waals surface area contributed by atoms with Crippen molar-refractivity contribution in [3.05, 3.63) is 0 Å². The minimum atomic E-state index is 0.154. The van der Waals surface area contributed by atoms with Gasteiger partial charge in [-0.05, 0) is 30.2 Å². The van der Waals surface area contributed by atoms with Crippen LogP contribution < -0.4 is 10.6 Å². The first-order valence-electron chi connectivity index (χ1n) is 6.81. The summed E-state index contributed by atoms with van der Waals surface area (Å²) >= 11 is 0. The van der Waals surface area contributed by atoms with Crippen LogP contribution in [0.25, 0.3) is 0 Å². The lowest BCUT2D eigenvalue weighted by Gasteiger charge is -2.32. The van der Waals surface area contributed by atoms with Gasteiger partial charge in [0.2, 0.25) is 5.91 Å². The Kier molecular flexibility index (Phi) is 4.99. The summed E-state index contributed by atoms with van der Waals surface area (Å²) in [5.74, 6) is 1.56. The van der Waals surface area contributed by atoms with Crippen LogP contribution in [-0.4, -0.2) is 25.5 Å². The zero-order valence-corrected chi connectivity index (χ0v) is 12.0. The molecule has 0 saturated carbocycles. The first kappa shape index (κ1) is 14.5. The molecule has 0 aromatic heterocycles. The Morgan fingerprint density at radius 3 is 2.59 bits per heavy atom. The van der Waals surface area contributed by atoms with Crippen LogP contribution >= 0.6 is 0 Å². The Balaban J connectivity index is 2.39. The maximum Gasteiger partial charge on any atom is 0.224 e. The molecular weight excluding hydrogens is 212 g/mol. The number of amides is 1. The maximum absolute atomic E-state index is 12.1. The molecule has 0 aromatic rings. The molecule has 1 amide bonds. The molecule has 1 aliphatic heterocycles. The molecule has 2 N–H and O–H groups in total. The second-order valence-electron chi connectivity index (χ2n) is 6.56. The van der Waals surface area contributed by atoms with Crippen molar-refractivity contribution < 1.29 is 4.79 Å². The zero-order chi connectivity index (χ0) is 13.1. The lowest BCUT2D eigenvalue weighted by atomic mass is 9.81. The van der Waals surface area contributed by atoms with Crippen molar-refractivity contribution in [2.75, 3.05) is 19.6 Å². The van der Waals surface area contributed by atoms with E-state index in [0.29, 0.717) is 11.8 Å². The number of carbonyl (C=O) groups excluding carboxylic acids is 1. The Morgan fingerprint density at radius 2 is 2.06 bits per heavy atom. The molecular formula is C14H28N2O. The molecule has 0 aliphatic carbocycles. The zero-order valence-electron chi connectivity index (χ0n) is 12.0. The monoisotopic (exact) mass is 240 g/mol. The summed E-state index contributed by atoms with van der Waals surface area (Å²) in [6.07, 6.45) is 1.01. The van der Waals surface area contributed by atoms with Crippen molar-refractivity contribution in [1.29, 1.82) is 0 Å². The SMILES string of the molecule is CC1CNCC(C(=O)NCC(C)(C)C(C)C)C1. The highest BCUT2D eigenvalue weighted by molar-refractivity contribution is 5.79. The molecule has 0 aromatic carbocycles. The van der Waals surface area contributed by atoms with Gasteiger partial charge < -0.3 is 10.6 Å². The summed E-state index contributed by atoms with van der Waals surface area (Å²) in [6.45, 7) is 13.7. The summed E-state index contributed by atoms with van der Waals surface area (Å²) in [5.41, 5.74) is 0.170. The number of rotatable bonds is 4. The van der Waals surface area contributed by atoms with Crippen molar-refractivity contribution in [2.24, 2.45) is 23.2 Å². The van der Waals surface area contributed by atoms with Crippen LogP contribution in [0.2, 0.25) is 0 Å². The maximum atomic E-state index is 12.1. The molecule has 1 fully saturated rings. The highest BCUT2D eigenvalue weighted by atomic mass is 16.1. The first-order valence-corrected chi connectivity index (χ1v) is 6.81. The molecule has 3 nitrogen and oxygen atoms in total. The van der Waals surface area contributed by atoms with Crippen LogP contribution in [-0.2, 0) is 4.79 Å². The van der Waals surface area contributed by atoms with Gasteiger partial charge in [0.15, 0.2) is 0 Å². The van der Waals surface area contributed by atoms with E-state index in [4.69, 9.17) is 0 Å². The first-order chi connectivity index (χ1) is 7.83. The normalized spacial score (nSPS) is 26.0. The topological polar surface area (TPSA) is 41.1 Å². The summed E-state index contributed by atoms with van der Waals surface area (Å²) in [4.78, 5) is 12.1. The minimum absolute atomic E-state index is 0.154. The summed E-state index contributed by atoms with van der Waals surface area (Å²) in [5, 5.41) is 6.44. The van der Waals surface area contributed by atoms with Crippen LogP contribution in [0, 0.1) is 23.2 Å². The van der Waals surface area contributed by atoms with E-state index in [1.54, 1.807) is 0 Å². The van der Waals surface area contributed by atoms with E-state index in [1.807, 2.05) is 0 Å². The Labute approximate surface area is 106 Å². The van der Waals surface area contributed by atoms with Gasteiger partial charge in [-0.1, -0.05) is 34.6 Å². The van der Waals surface area contributed by atoms with Crippen LogP contribution in [0.5, 0.6) is 0 Å². The molecule has 0 spiro atoms. The second-order valence-corrected chi connectivity index (χ2v) is 6.56. The average molecular weight is 240 g/mol. The smallest absolute Gasteiger partial charge is 0.224 e. The lowest BCUT2D eigenvalue weighted by Crippen LogP contribution is -2.46. The molecule has 1 heterocycles. The molecule has 17 heavy (non-hydrogen) atoms. The molecule has 0 radical (unpaired) electrons. The predicted octanol–water partition coefficient (Wildman–Crippen LogP) is 2.03. The standard InChI is InChI=1S/C14H28N2O/c1-10(2)14(4,5)9-16-13(17)12-6-11(3)7-15-8-12/h10-12,15H,6-9H2,1-5H3,(H,16,17). The number of nitrogens with one attached hydrogen (secondary N) is 2. The van der Waals surface area contributed by atoms with Crippen molar-refractivity contribution in [2.45, 2.75) is 41.0 Å². The fourth-order valence-electron chi connectivity index (χ4n) is 2.02. The van der Waals surface area contributed by atoms with Crippen molar-refractivity contribution in [3.63, 3.8) is 0 Å². The van der Waals surface area contributed by atoms with Gasteiger partial charge in [-0.15, -0.1) is 0 Å². The largest absolute Gasteiger partial charge is 0.355 e. The van der Waals surface area contributed by atoms with E-state index >= 15 is 0 Å². The van der Waals surface area contributed by atoms with Crippen LogP contribution in [0.15, 0.2) is 0 Å². The van der Waals surface area contributed by atoms with Gasteiger partial charge in [-0.2, -0.15) is 0 Å². The number of carbonyl (C=O) groups is 1. The molecule has 2 atom stereocenters. The van der Waals surface area contributed by atoms with E-state index in [1.165, 1.54) is 0 Å². The van der Waals surface area contributed by atoms with E-state index in [9.17, 15) is 4.79 Å². The molecule has 3 heteroatoms. The molecule has 0 bridgehead atoms. The molecule has 1 aliphatic rings. The summed E-state index contributed by atoms with van der Waals surface area (Å²) in [6, 6.07) is 0. The van der Waals surface area contributed by atoms with Crippen LogP contribution in [0.1, 0.15) is 41.0 Å². The summed E-state index contributed by atoms with van der Waals surface area (Å²) < 4.78 is 0. The van der Waals surface area contributed by atoms with Gasteiger partial charge in [-0.25, -0.2) is 0 Å². The molecule has 1 saturated heterocycles. The third-order valence-corrected chi connectivity index (χ3v) is 4.22. The number of hydrogen-bond acceptors (Lipinski definition) is 2. The van der Waals surface area contributed by atoms with E-state index in [2.05, 4.69) is 45.3 Å². The number of piperidine rings is 1. The molecule has 100 valence electrons. The van der Waals surface area contributed by atoms with Gasteiger partial charge in [-0.3, -0.25) is 4.79 Å². The van der Waals surface area contributed by atoms with E-state index in [-0.39, 0.29) is 17.2 Å². The second kappa shape index (κ2) is 5.85. The van der Waals surface area contributed by atoms with Crippen molar-refractivity contribution in [3.8, 4) is 0 Å². The van der Waals surface area contributed by atoms with Gasteiger partial charge in [0, 0.05) is 13.1 Å².